The van der Waals surface area contributed by atoms with Gasteiger partial charge in [0.1, 0.15) is 11.9 Å². The van der Waals surface area contributed by atoms with E-state index in [1.165, 1.54) is 12.3 Å². The van der Waals surface area contributed by atoms with Crippen molar-refractivity contribution in [3.63, 3.8) is 0 Å². The lowest BCUT2D eigenvalue weighted by molar-refractivity contribution is -0.0277. The largest absolute Gasteiger partial charge is 0.509 e. The monoisotopic (exact) mass is 240 g/mol. The van der Waals surface area contributed by atoms with Crippen LogP contribution in [-0.2, 0) is 4.74 Å². The van der Waals surface area contributed by atoms with E-state index in [-0.39, 0.29) is 12.4 Å². The van der Waals surface area contributed by atoms with Gasteiger partial charge in [0.25, 0.3) is 5.56 Å². The molecule has 2 atom stereocenters. The van der Waals surface area contributed by atoms with Crippen LogP contribution in [0.5, 0.6) is 0 Å². The van der Waals surface area contributed by atoms with Crippen LogP contribution in [0.25, 0.3) is 0 Å². The first-order valence-electron chi connectivity index (χ1n) is 5.02. The Hall–Kier alpha value is -1.86. The third kappa shape index (κ3) is 1.90. The molecule has 0 amide bonds. The van der Waals surface area contributed by atoms with Crippen molar-refractivity contribution in [3.05, 3.63) is 44.4 Å². The van der Waals surface area contributed by atoms with Gasteiger partial charge >= 0.3 is 5.69 Å². The number of aliphatic hydroxyl groups is 2. The molecule has 1 aromatic heterocycles. The van der Waals surface area contributed by atoms with E-state index in [2.05, 4.69) is 4.98 Å². The second-order valence-corrected chi connectivity index (χ2v) is 3.75. The predicted molar refractivity (Wildman–Crippen MR) is 57.6 cm³/mol. The second-order valence-electron chi connectivity index (χ2n) is 3.75. The molecule has 2 rings (SSSR count). The third-order valence-electron chi connectivity index (χ3n) is 2.64. The maximum atomic E-state index is 11.5. The van der Waals surface area contributed by atoms with Crippen LogP contribution in [0, 0.1) is 0 Å². The van der Waals surface area contributed by atoms with Crippen molar-refractivity contribution in [1.82, 2.24) is 9.55 Å². The molecular formula is C10H12N2O5. The molecule has 1 aliphatic heterocycles. The van der Waals surface area contributed by atoms with Gasteiger partial charge < -0.3 is 14.9 Å². The van der Waals surface area contributed by atoms with Gasteiger partial charge in [-0.05, 0) is 6.92 Å². The Bertz CT molecular complexity index is 571. The van der Waals surface area contributed by atoms with Crippen molar-refractivity contribution >= 4 is 0 Å². The first-order valence-corrected chi connectivity index (χ1v) is 5.02. The fourth-order valence-corrected chi connectivity index (χ4v) is 1.72. The molecule has 92 valence electrons. The predicted octanol–water partition coefficient (Wildman–Crippen LogP) is -0.742. The summed E-state index contributed by atoms with van der Waals surface area (Å²) in [4.78, 5) is 24.5. The van der Waals surface area contributed by atoms with Gasteiger partial charge in [0.15, 0.2) is 6.23 Å². The molecule has 0 saturated carbocycles. The molecule has 0 aromatic carbocycles. The Morgan fingerprint density at radius 2 is 2.24 bits per heavy atom. The topological polar surface area (TPSA) is 105 Å². The van der Waals surface area contributed by atoms with Crippen molar-refractivity contribution in [2.24, 2.45) is 0 Å². The fraction of sp³-hybridized carbons (Fsp3) is 0.400. The molecule has 0 radical (unpaired) electrons. The quantitative estimate of drug-likeness (QED) is 0.631. The molecule has 3 N–H and O–H groups in total. The number of nitrogens with zero attached hydrogens (tertiary/aromatic N) is 1. The lowest BCUT2D eigenvalue weighted by atomic mass is 10.2. The van der Waals surface area contributed by atoms with Crippen LogP contribution >= 0.6 is 0 Å². The SMILES string of the molecule is CC1=C(O)[C@@H](CO)O[C@H]1n1ccc(=O)[nH]c1=O. The average Bonchev–Trinajstić information content (AvgIpc) is 2.57. The van der Waals surface area contributed by atoms with Gasteiger partial charge in [0.05, 0.1) is 6.61 Å². The van der Waals surface area contributed by atoms with Crippen molar-refractivity contribution in [2.75, 3.05) is 6.61 Å². The summed E-state index contributed by atoms with van der Waals surface area (Å²) in [7, 11) is 0. The standard InChI is InChI=1S/C10H12N2O5/c1-5-8(15)6(4-13)17-9(5)12-3-2-7(14)11-10(12)16/h2-3,6,9,13,15H,4H2,1H3,(H,11,14,16)/t6-,9-/m1/s1. The number of ether oxygens (including phenoxy) is 1. The molecule has 0 bridgehead atoms. The summed E-state index contributed by atoms with van der Waals surface area (Å²) in [6.45, 7) is 1.21. The van der Waals surface area contributed by atoms with E-state index in [1.54, 1.807) is 6.92 Å². The van der Waals surface area contributed by atoms with E-state index in [0.717, 1.165) is 4.57 Å². The van der Waals surface area contributed by atoms with Crippen LogP contribution in [0.2, 0.25) is 0 Å². The van der Waals surface area contributed by atoms with Crippen molar-refractivity contribution in [1.29, 1.82) is 0 Å². The Labute approximate surface area is 95.6 Å². The Balaban J connectivity index is 2.44. The van der Waals surface area contributed by atoms with Crippen LogP contribution in [0.1, 0.15) is 13.2 Å². The minimum absolute atomic E-state index is 0.0874. The number of hydrogen-bond donors (Lipinski definition) is 3. The van der Waals surface area contributed by atoms with Crippen LogP contribution in [0.3, 0.4) is 0 Å². The Morgan fingerprint density at radius 3 is 2.76 bits per heavy atom. The van der Waals surface area contributed by atoms with E-state index in [0.29, 0.717) is 5.57 Å². The molecule has 7 heteroatoms. The summed E-state index contributed by atoms with van der Waals surface area (Å²) < 4.78 is 6.45. The van der Waals surface area contributed by atoms with E-state index < -0.39 is 23.6 Å². The zero-order valence-corrected chi connectivity index (χ0v) is 9.08. The summed E-state index contributed by atoms with van der Waals surface area (Å²) in [5.74, 6) is -0.0874. The van der Waals surface area contributed by atoms with E-state index >= 15 is 0 Å². The summed E-state index contributed by atoms with van der Waals surface area (Å²) in [6.07, 6.45) is -0.363. The highest BCUT2D eigenvalue weighted by molar-refractivity contribution is 5.18. The van der Waals surface area contributed by atoms with E-state index in [1.807, 2.05) is 0 Å². The smallest absolute Gasteiger partial charge is 0.330 e. The highest BCUT2D eigenvalue weighted by atomic mass is 16.5. The van der Waals surface area contributed by atoms with E-state index in [4.69, 9.17) is 9.84 Å². The van der Waals surface area contributed by atoms with Crippen molar-refractivity contribution < 1.29 is 14.9 Å². The third-order valence-corrected chi connectivity index (χ3v) is 2.64. The summed E-state index contributed by atoms with van der Waals surface area (Å²) in [6, 6.07) is 1.18. The molecule has 0 spiro atoms. The maximum absolute atomic E-state index is 11.5. The molecule has 0 unspecified atom stereocenters. The second kappa shape index (κ2) is 4.19. The van der Waals surface area contributed by atoms with E-state index in [9.17, 15) is 14.7 Å². The van der Waals surface area contributed by atoms with Crippen LogP contribution in [0.15, 0.2) is 33.2 Å². The van der Waals surface area contributed by atoms with Gasteiger partial charge in [0.2, 0.25) is 0 Å². The first-order chi connectivity index (χ1) is 8.04. The molecule has 2 heterocycles. The van der Waals surface area contributed by atoms with Gasteiger partial charge in [-0.15, -0.1) is 0 Å². The van der Waals surface area contributed by atoms with Gasteiger partial charge in [-0.1, -0.05) is 0 Å². The molecule has 7 nitrogen and oxygen atoms in total. The normalized spacial score (nSPS) is 24.4. The maximum Gasteiger partial charge on any atom is 0.330 e. The number of nitrogens with one attached hydrogen (secondary N) is 1. The molecule has 1 aromatic rings. The Kier molecular flexibility index (Phi) is 2.86. The lowest BCUT2D eigenvalue weighted by Crippen LogP contribution is -2.32. The molecule has 0 saturated heterocycles. The van der Waals surface area contributed by atoms with Crippen molar-refractivity contribution in [2.45, 2.75) is 19.3 Å². The number of aromatic nitrogens is 2. The molecule has 0 fully saturated rings. The van der Waals surface area contributed by atoms with Crippen LogP contribution < -0.4 is 11.2 Å². The lowest BCUT2D eigenvalue weighted by Gasteiger charge is -2.15. The Morgan fingerprint density at radius 1 is 1.53 bits per heavy atom. The van der Waals surface area contributed by atoms with Gasteiger partial charge in [-0.2, -0.15) is 0 Å². The highest BCUT2D eigenvalue weighted by Gasteiger charge is 2.33. The van der Waals surface area contributed by atoms with Gasteiger partial charge in [0, 0.05) is 17.8 Å². The molecule has 17 heavy (non-hydrogen) atoms. The molecular weight excluding hydrogens is 228 g/mol. The van der Waals surface area contributed by atoms with Crippen molar-refractivity contribution in [3.8, 4) is 0 Å². The minimum Gasteiger partial charge on any atom is -0.509 e. The fourth-order valence-electron chi connectivity index (χ4n) is 1.72. The van der Waals surface area contributed by atoms with Gasteiger partial charge in [-0.25, -0.2) is 4.79 Å². The van der Waals surface area contributed by atoms with Crippen LogP contribution in [-0.4, -0.2) is 32.5 Å². The highest BCUT2D eigenvalue weighted by Crippen LogP contribution is 2.31. The number of rotatable bonds is 2. The number of aromatic amines is 1. The average molecular weight is 240 g/mol. The zero-order valence-electron chi connectivity index (χ0n) is 9.08. The van der Waals surface area contributed by atoms with Crippen LogP contribution in [0.4, 0.5) is 0 Å². The number of aliphatic hydroxyl groups excluding tert-OH is 2. The summed E-state index contributed by atoms with van der Waals surface area (Å²) >= 11 is 0. The first kappa shape index (κ1) is 11.6. The minimum atomic E-state index is -0.834. The zero-order chi connectivity index (χ0) is 12.6. The molecule has 0 aliphatic carbocycles. The number of H-pyrrole nitrogens is 1. The molecule has 1 aliphatic rings. The number of hydrogen-bond acceptors (Lipinski definition) is 5. The summed E-state index contributed by atoms with van der Waals surface area (Å²) in [5, 5.41) is 18.6. The van der Waals surface area contributed by atoms with Gasteiger partial charge in [-0.3, -0.25) is 14.3 Å². The summed E-state index contributed by atoms with van der Waals surface area (Å²) in [5.41, 5.74) is -0.708.